The number of rotatable bonds is 8. The first-order chi connectivity index (χ1) is 9.58. The Hall–Kier alpha value is -1.26. The number of carboxylic acids is 1. The van der Waals surface area contributed by atoms with E-state index in [9.17, 15) is 9.59 Å². The van der Waals surface area contributed by atoms with E-state index in [0.29, 0.717) is 13.0 Å². The first-order valence-electron chi connectivity index (χ1n) is 7.84. The maximum Gasteiger partial charge on any atom is 0.314 e. The van der Waals surface area contributed by atoms with Crippen LogP contribution in [0.25, 0.3) is 0 Å². The molecule has 1 aliphatic carbocycles. The molecule has 0 aromatic rings. The third-order valence-corrected chi connectivity index (χ3v) is 3.96. The maximum absolute atomic E-state index is 11.6. The van der Waals surface area contributed by atoms with E-state index in [1.807, 2.05) is 6.92 Å². The second-order valence-electron chi connectivity index (χ2n) is 5.88. The van der Waals surface area contributed by atoms with Crippen LogP contribution in [0.5, 0.6) is 0 Å². The van der Waals surface area contributed by atoms with Crippen LogP contribution in [-0.2, 0) is 4.79 Å². The molecule has 0 bridgehead atoms. The van der Waals surface area contributed by atoms with Crippen LogP contribution < -0.4 is 10.6 Å². The molecular weight excluding hydrogens is 256 g/mol. The molecule has 5 heteroatoms. The normalized spacial score (nSPS) is 17.4. The zero-order valence-electron chi connectivity index (χ0n) is 12.5. The van der Waals surface area contributed by atoms with Crippen molar-refractivity contribution < 1.29 is 14.7 Å². The van der Waals surface area contributed by atoms with Crippen molar-refractivity contribution in [3.05, 3.63) is 0 Å². The zero-order chi connectivity index (χ0) is 14.8. The molecule has 1 unspecified atom stereocenters. The lowest BCUT2D eigenvalue weighted by Gasteiger charge is -2.23. The van der Waals surface area contributed by atoms with E-state index in [0.717, 1.165) is 12.3 Å². The van der Waals surface area contributed by atoms with Gasteiger partial charge in [0.1, 0.15) is 0 Å². The van der Waals surface area contributed by atoms with Crippen molar-refractivity contribution in [3.63, 3.8) is 0 Å². The Balaban J connectivity index is 2.03. The van der Waals surface area contributed by atoms with Gasteiger partial charge in [0.15, 0.2) is 0 Å². The van der Waals surface area contributed by atoms with Crippen LogP contribution in [0, 0.1) is 5.92 Å². The number of nitrogens with one attached hydrogen (secondary N) is 2. The summed E-state index contributed by atoms with van der Waals surface area (Å²) in [5.74, 6) is 0.0136. The Morgan fingerprint density at radius 2 is 1.95 bits per heavy atom. The van der Waals surface area contributed by atoms with Crippen molar-refractivity contribution in [3.8, 4) is 0 Å². The number of amides is 2. The van der Waals surface area contributed by atoms with E-state index in [1.54, 1.807) is 0 Å². The number of carbonyl (C=O) groups is 2. The Morgan fingerprint density at radius 3 is 2.60 bits per heavy atom. The smallest absolute Gasteiger partial charge is 0.314 e. The van der Waals surface area contributed by atoms with E-state index >= 15 is 0 Å². The molecule has 0 aromatic heterocycles. The Morgan fingerprint density at radius 1 is 1.25 bits per heavy atom. The molecule has 0 aliphatic heterocycles. The lowest BCUT2D eigenvalue weighted by molar-refractivity contribution is -0.137. The maximum atomic E-state index is 11.6. The van der Waals surface area contributed by atoms with Crippen LogP contribution in [0.1, 0.15) is 64.7 Å². The van der Waals surface area contributed by atoms with Gasteiger partial charge in [0.2, 0.25) is 0 Å². The zero-order valence-corrected chi connectivity index (χ0v) is 12.5. The van der Waals surface area contributed by atoms with E-state index in [1.165, 1.54) is 38.5 Å². The summed E-state index contributed by atoms with van der Waals surface area (Å²) in [5.41, 5.74) is 0. The third-order valence-electron chi connectivity index (χ3n) is 3.96. The summed E-state index contributed by atoms with van der Waals surface area (Å²) in [5, 5.41) is 14.1. The lowest BCUT2D eigenvalue weighted by Crippen LogP contribution is -2.41. The predicted molar refractivity (Wildman–Crippen MR) is 78.7 cm³/mol. The second-order valence-corrected chi connectivity index (χ2v) is 5.88. The van der Waals surface area contributed by atoms with Crippen LogP contribution in [0.4, 0.5) is 4.79 Å². The molecule has 1 saturated carbocycles. The van der Waals surface area contributed by atoms with Crippen LogP contribution in [0.3, 0.4) is 0 Å². The largest absolute Gasteiger partial charge is 0.481 e. The molecule has 0 radical (unpaired) electrons. The fourth-order valence-corrected chi connectivity index (χ4v) is 2.75. The van der Waals surface area contributed by atoms with Crippen LogP contribution >= 0.6 is 0 Å². The van der Waals surface area contributed by atoms with Gasteiger partial charge >= 0.3 is 12.0 Å². The van der Waals surface area contributed by atoms with E-state index in [4.69, 9.17) is 5.11 Å². The first kappa shape index (κ1) is 16.8. The molecule has 5 nitrogen and oxygen atoms in total. The van der Waals surface area contributed by atoms with Gasteiger partial charge in [-0.3, -0.25) is 4.79 Å². The Labute approximate surface area is 121 Å². The molecular formula is C15H28N2O3. The molecule has 116 valence electrons. The van der Waals surface area contributed by atoms with Gasteiger partial charge in [0, 0.05) is 19.0 Å². The summed E-state index contributed by atoms with van der Waals surface area (Å²) >= 11 is 0. The van der Waals surface area contributed by atoms with E-state index < -0.39 is 5.97 Å². The number of hydrogen-bond acceptors (Lipinski definition) is 2. The summed E-state index contributed by atoms with van der Waals surface area (Å²) in [6, 6.07) is -0.0112. The molecule has 0 spiro atoms. The minimum atomic E-state index is -0.826. The van der Waals surface area contributed by atoms with Gasteiger partial charge in [-0.25, -0.2) is 4.79 Å². The summed E-state index contributed by atoms with van der Waals surface area (Å²) in [6.45, 7) is 2.44. The van der Waals surface area contributed by atoms with Crippen LogP contribution in [-0.4, -0.2) is 29.7 Å². The van der Waals surface area contributed by atoms with Gasteiger partial charge in [-0.2, -0.15) is 0 Å². The van der Waals surface area contributed by atoms with Crippen molar-refractivity contribution in [1.29, 1.82) is 0 Å². The highest BCUT2D eigenvalue weighted by molar-refractivity contribution is 5.74. The topological polar surface area (TPSA) is 78.4 Å². The molecule has 3 N–H and O–H groups in total. The highest BCUT2D eigenvalue weighted by Gasteiger charge is 2.15. The highest BCUT2D eigenvalue weighted by Crippen LogP contribution is 2.27. The molecule has 2 amide bonds. The minimum Gasteiger partial charge on any atom is -0.481 e. The van der Waals surface area contributed by atoms with Crippen molar-refractivity contribution in [1.82, 2.24) is 10.6 Å². The Kier molecular flexibility index (Phi) is 8.07. The van der Waals surface area contributed by atoms with E-state index in [2.05, 4.69) is 10.6 Å². The summed E-state index contributed by atoms with van der Waals surface area (Å²) in [4.78, 5) is 21.9. The molecule has 1 atom stereocenters. The van der Waals surface area contributed by atoms with Gasteiger partial charge < -0.3 is 15.7 Å². The fourth-order valence-electron chi connectivity index (χ4n) is 2.75. The molecule has 0 heterocycles. The fraction of sp³-hybridized carbons (Fsp3) is 0.867. The molecule has 0 saturated heterocycles. The molecule has 1 aliphatic rings. The quantitative estimate of drug-likeness (QED) is 0.600. The van der Waals surface area contributed by atoms with Crippen molar-refractivity contribution in [2.45, 2.75) is 70.8 Å². The van der Waals surface area contributed by atoms with Crippen LogP contribution in [0.15, 0.2) is 0 Å². The van der Waals surface area contributed by atoms with Crippen molar-refractivity contribution in [2.75, 3.05) is 6.54 Å². The van der Waals surface area contributed by atoms with Gasteiger partial charge in [-0.15, -0.1) is 0 Å². The molecule has 1 fully saturated rings. The van der Waals surface area contributed by atoms with E-state index in [-0.39, 0.29) is 18.5 Å². The van der Waals surface area contributed by atoms with Crippen molar-refractivity contribution in [2.24, 2.45) is 5.92 Å². The number of hydrogen-bond donors (Lipinski definition) is 3. The monoisotopic (exact) mass is 284 g/mol. The third kappa shape index (κ3) is 8.02. The summed E-state index contributed by atoms with van der Waals surface area (Å²) in [7, 11) is 0. The van der Waals surface area contributed by atoms with Gasteiger partial charge in [-0.1, -0.05) is 32.1 Å². The van der Waals surface area contributed by atoms with Gasteiger partial charge in [0.05, 0.1) is 0 Å². The van der Waals surface area contributed by atoms with Crippen LogP contribution in [0.2, 0.25) is 0 Å². The van der Waals surface area contributed by atoms with Gasteiger partial charge in [0.25, 0.3) is 0 Å². The average molecular weight is 284 g/mol. The predicted octanol–water partition coefficient (Wildman–Crippen LogP) is 2.90. The minimum absolute atomic E-state index is 0.0948. The molecule has 0 aromatic carbocycles. The SMILES string of the molecule is CC(CCC1CCCCC1)NC(=O)NCCCC(=O)O. The standard InChI is InChI=1S/C15H28N2O3/c1-12(9-10-13-6-3-2-4-7-13)17-15(20)16-11-5-8-14(18)19/h12-13H,2-11H2,1H3,(H,18,19)(H2,16,17,20). The molecule has 20 heavy (non-hydrogen) atoms. The summed E-state index contributed by atoms with van der Waals surface area (Å²) < 4.78 is 0. The highest BCUT2D eigenvalue weighted by atomic mass is 16.4. The lowest BCUT2D eigenvalue weighted by atomic mass is 9.85. The second kappa shape index (κ2) is 9.61. The first-order valence-corrected chi connectivity index (χ1v) is 7.84. The van der Waals surface area contributed by atoms with Gasteiger partial charge in [-0.05, 0) is 32.1 Å². The number of urea groups is 1. The summed E-state index contributed by atoms with van der Waals surface area (Å²) in [6.07, 6.45) is 9.56. The number of carboxylic acid groups (broad SMARTS) is 1. The van der Waals surface area contributed by atoms with Crippen molar-refractivity contribution >= 4 is 12.0 Å². The number of aliphatic carboxylic acids is 1. The molecule has 1 rings (SSSR count). The number of carbonyl (C=O) groups excluding carboxylic acids is 1. The Bertz CT molecular complexity index is 301. The average Bonchev–Trinajstić information content (AvgIpc) is 2.42.